The molecule has 0 bridgehead atoms. The van der Waals surface area contributed by atoms with Gasteiger partial charge in [0.25, 0.3) is 23.2 Å². The van der Waals surface area contributed by atoms with Crippen molar-refractivity contribution in [3.8, 4) is 0 Å². The van der Waals surface area contributed by atoms with Crippen LogP contribution in [-0.2, 0) is 102 Å². The number of likely N-dealkylation sites (tertiary alicyclic amines) is 2. The van der Waals surface area contributed by atoms with Crippen LogP contribution in [0, 0.1) is 20.2 Å². The minimum atomic E-state index is -1.98. The van der Waals surface area contributed by atoms with Gasteiger partial charge in [-0.15, -0.1) is 11.8 Å². The van der Waals surface area contributed by atoms with Crippen molar-refractivity contribution in [1.82, 2.24) is 20.4 Å². The quantitative estimate of drug-likeness (QED) is 0.0143. The number of carboxylic acid groups (broad SMARTS) is 1. The number of halogens is 1. The molecule has 4 aromatic carbocycles. The number of thiol groups is 1. The third-order valence-electron chi connectivity index (χ3n) is 14.9. The summed E-state index contributed by atoms with van der Waals surface area (Å²) in [5.41, 5.74) is 2.18. The molecule has 95 heavy (non-hydrogen) atoms. The molecule has 0 spiro atoms. The van der Waals surface area contributed by atoms with Crippen LogP contribution >= 0.6 is 40.3 Å². The first-order valence-electron chi connectivity index (χ1n) is 30.1. The number of aliphatic carboxylic acids is 1. The number of nitrogens with one attached hydrogen (secondary N) is 2. The van der Waals surface area contributed by atoms with E-state index in [0.717, 1.165) is 84.4 Å². The molecule has 6 saturated heterocycles. The highest BCUT2D eigenvalue weighted by Crippen LogP contribution is 2.34. The van der Waals surface area contributed by atoms with E-state index < -0.39 is 98.9 Å². The number of ether oxygens (including phenoxy) is 6. The number of carbonyl (C=O) groups is 10. The summed E-state index contributed by atoms with van der Waals surface area (Å²) < 4.78 is 30.5. The molecule has 2 unspecified atom stereocenters. The molecule has 10 atom stereocenters. The third-order valence-corrected chi connectivity index (χ3v) is 17.3. The molecule has 512 valence electrons. The monoisotopic (exact) mass is 1420 g/mol. The number of alkyl halides is 1. The molecule has 0 radical (unpaired) electrons. The summed E-state index contributed by atoms with van der Waals surface area (Å²) in [4.78, 5) is 141. The van der Waals surface area contributed by atoms with Crippen molar-refractivity contribution in [3.63, 3.8) is 0 Å². The molecule has 5 N–H and O–H groups in total. The fourth-order valence-electron chi connectivity index (χ4n) is 9.76. The van der Waals surface area contributed by atoms with E-state index in [4.69, 9.17) is 33.5 Å². The number of aliphatic hydroxyl groups excluding tert-OH is 2. The largest absolute Gasteiger partial charge is 0.479 e. The number of hydrogen-bond donors (Lipinski definition) is 6. The minimum Gasteiger partial charge on any atom is -0.479 e. The minimum absolute atomic E-state index is 0.0245. The Bertz CT molecular complexity index is 3250. The Labute approximate surface area is 563 Å². The van der Waals surface area contributed by atoms with Crippen molar-refractivity contribution >= 4 is 111 Å². The summed E-state index contributed by atoms with van der Waals surface area (Å²) >= 11 is 8.31. The molecular weight excluding hydrogens is 1350 g/mol. The summed E-state index contributed by atoms with van der Waals surface area (Å²) in [6.45, 7) is 3.67. The molecule has 6 heterocycles. The predicted octanol–water partition coefficient (Wildman–Crippen LogP) is 4.25. The number of rotatable bonds is 24. The van der Waals surface area contributed by atoms with Gasteiger partial charge >= 0.3 is 17.9 Å². The third kappa shape index (κ3) is 23.4. The number of thioether (sulfide) groups is 1. The van der Waals surface area contributed by atoms with Crippen LogP contribution in [-0.4, -0.2) is 191 Å². The Morgan fingerprint density at radius 3 is 1.34 bits per heavy atom. The molecule has 0 aliphatic carbocycles. The smallest absolute Gasteiger partial charge is 0.356 e. The Morgan fingerprint density at radius 2 is 0.979 bits per heavy atom. The van der Waals surface area contributed by atoms with Gasteiger partial charge in [0, 0.05) is 50.7 Å². The van der Waals surface area contributed by atoms with E-state index in [-0.39, 0.29) is 72.7 Å². The van der Waals surface area contributed by atoms with Crippen LogP contribution in [0.5, 0.6) is 0 Å². The van der Waals surface area contributed by atoms with Crippen molar-refractivity contribution in [2.24, 2.45) is 0 Å². The van der Waals surface area contributed by atoms with Crippen LogP contribution in [0.2, 0.25) is 0 Å². The maximum absolute atomic E-state index is 12.9. The molecule has 32 heteroatoms. The molecular formula is C63H73BrN6O23S2. The molecule has 4 aromatic rings. The molecule has 6 fully saturated rings. The van der Waals surface area contributed by atoms with Gasteiger partial charge in [-0.25, -0.2) is 14.4 Å². The highest BCUT2D eigenvalue weighted by molar-refractivity contribution is 9.09. The fraction of sp³-hybridized carbons (Fsp3) is 0.460. The lowest BCUT2D eigenvalue weighted by Gasteiger charge is -2.47. The predicted molar refractivity (Wildman–Crippen MR) is 343 cm³/mol. The lowest BCUT2D eigenvalue weighted by Crippen LogP contribution is -2.73. The molecule has 0 saturated carbocycles. The average Bonchev–Trinajstić information content (AvgIpc) is 1.26. The lowest BCUT2D eigenvalue weighted by molar-refractivity contribution is -0.385. The van der Waals surface area contributed by atoms with E-state index in [0.29, 0.717) is 42.5 Å². The maximum Gasteiger partial charge on any atom is 0.356 e. The normalized spacial score (nSPS) is 22.0. The van der Waals surface area contributed by atoms with Gasteiger partial charge in [0.15, 0.2) is 23.5 Å². The Balaban J connectivity index is 0.000000222. The van der Waals surface area contributed by atoms with Crippen LogP contribution in [0.25, 0.3) is 0 Å². The summed E-state index contributed by atoms with van der Waals surface area (Å²) in [6, 6.07) is 26.5. The van der Waals surface area contributed by atoms with E-state index in [9.17, 15) is 78.4 Å². The number of non-ortho nitro benzene ring substituents is 2. The molecule has 6 aliphatic rings. The second-order valence-corrected chi connectivity index (χ2v) is 24.0. The van der Waals surface area contributed by atoms with Crippen LogP contribution in [0.15, 0.2) is 109 Å². The Morgan fingerprint density at radius 1 is 0.589 bits per heavy atom. The number of β-lactam (4-membered cyclic amide) rings is 2. The van der Waals surface area contributed by atoms with Crippen LogP contribution in [0.3, 0.4) is 0 Å². The van der Waals surface area contributed by atoms with E-state index in [1.54, 1.807) is 55.5 Å². The molecule has 0 aromatic heterocycles. The van der Waals surface area contributed by atoms with Crippen molar-refractivity contribution in [2.45, 2.75) is 144 Å². The summed E-state index contributed by atoms with van der Waals surface area (Å²) in [7, 11) is 0. The number of Topliss-reactive ketones (excluding diaryl/α,β-unsaturated/α-hetero) is 3. The summed E-state index contributed by atoms with van der Waals surface area (Å²) in [6.07, 6.45) is 1.83. The second-order valence-electron chi connectivity index (χ2n) is 21.9. The van der Waals surface area contributed by atoms with E-state index in [1.165, 1.54) is 48.5 Å². The highest BCUT2D eigenvalue weighted by Gasteiger charge is 2.54. The molecule has 6 aliphatic heterocycles. The standard InChI is InChI=1S/C26H27N3O9S.C20H19N3O7S.C6H9BrO2.C6H10O2.C5H8O3/c30-19(20-7-4-12-37-20)15-39-25-22(27-21(31)13-16-5-2-1-3-6-16)23(32)28(25)24(33)26(34)38-14-17-8-10-18(11-9-17)29(35)36;24-15(10-12-4-2-1-3-5-12)21-16-17(25)22(19(16)31)18(26)20(27)30-11-13-6-8-14(9-7-13)23(28)29;7-4-5(8)6-2-1-3-9-6;1-5(7)6-3-2-4-8-6;6-5(7)4-2-1-3-8-4/h1-3,5-6,8-11,20,22,24-25,33H,4,7,12-15H2,(H,27,31);1-9,16,18-19,26,31H,10-11H2,(H,21,24);6H,1-4H2;6H,2-4H2,1H3;4H,1-3H2,(H,6,7)/t20-,22+,24?,25+;16-,18?,19-;2*6-;4-/m01000/s1. The summed E-state index contributed by atoms with van der Waals surface area (Å²) in [5, 5.41) is 54.3. The van der Waals surface area contributed by atoms with Crippen molar-refractivity contribution in [1.29, 1.82) is 0 Å². The summed E-state index contributed by atoms with van der Waals surface area (Å²) in [5.74, 6) is -5.09. The topological polar surface area (TPSA) is 404 Å². The van der Waals surface area contributed by atoms with E-state index in [1.807, 2.05) is 12.1 Å². The molecule has 4 amide bonds. The zero-order valence-electron chi connectivity index (χ0n) is 51.4. The number of nitro groups is 2. The Kier molecular flexibility index (Phi) is 30.7. The van der Waals surface area contributed by atoms with Gasteiger partial charge in [-0.2, -0.15) is 12.6 Å². The van der Waals surface area contributed by atoms with Crippen LogP contribution in [0.1, 0.15) is 80.5 Å². The van der Waals surface area contributed by atoms with Gasteiger partial charge in [0.1, 0.15) is 54.4 Å². The van der Waals surface area contributed by atoms with E-state index in [2.05, 4.69) is 39.2 Å². The first-order chi connectivity index (χ1) is 45.5. The van der Waals surface area contributed by atoms with Gasteiger partial charge in [-0.3, -0.25) is 63.6 Å². The Hall–Kier alpha value is -8.08. The zero-order valence-corrected chi connectivity index (χ0v) is 54.7. The number of amides is 4. The maximum atomic E-state index is 12.9. The number of ketones is 3. The lowest BCUT2D eigenvalue weighted by atomic mass is 10.1. The number of aliphatic hydroxyl groups is 2. The zero-order chi connectivity index (χ0) is 69.1. The van der Waals surface area contributed by atoms with Crippen molar-refractivity contribution < 1.29 is 102 Å². The SMILES string of the molecule is CC(=O)[C@@H]1CCCO1.O=C(CBr)[C@@H]1CCCO1.O=C(Cc1ccccc1)N[C@@H]1C(=O)N(C(O)C(=O)OCc2ccc([N+](=O)[O-])cc2)[C@@H]1S.O=C(Cc1ccccc1)N[C@@H]1C(=O)N(C(O)C(=O)OCc2ccc([N+](=O)[O-])cc2)[C@@H]1SCC(=O)[C@@H]1CCCO1.O=C(O)[C@@H]1CCCO1. The van der Waals surface area contributed by atoms with Gasteiger partial charge in [0.05, 0.1) is 33.8 Å². The number of nitrogens with zero attached hydrogens (tertiary/aromatic N) is 4. The first kappa shape index (κ1) is 75.9. The average molecular weight is 1430 g/mol. The molecule has 29 nitrogen and oxygen atoms in total. The number of esters is 2. The molecule has 10 rings (SSSR count). The second kappa shape index (κ2) is 38.5. The van der Waals surface area contributed by atoms with Gasteiger partial charge < -0.3 is 54.4 Å². The number of nitro benzene ring substituents is 2. The number of benzene rings is 4. The fourth-order valence-corrected chi connectivity index (χ4v) is 11.8. The van der Waals surface area contributed by atoms with Crippen molar-refractivity contribution in [2.75, 3.05) is 37.5 Å². The van der Waals surface area contributed by atoms with Gasteiger partial charge in [-0.05, 0) is 105 Å². The van der Waals surface area contributed by atoms with Crippen molar-refractivity contribution in [3.05, 3.63) is 152 Å². The van der Waals surface area contributed by atoms with Gasteiger partial charge in [-0.1, -0.05) is 76.6 Å². The van der Waals surface area contributed by atoms with E-state index >= 15 is 0 Å². The van der Waals surface area contributed by atoms with Crippen LogP contribution in [0.4, 0.5) is 11.4 Å². The highest BCUT2D eigenvalue weighted by atomic mass is 79.9. The first-order valence-corrected chi connectivity index (χ1v) is 32.7. The number of hydrogen-bond acceptors (Lipinski definition) is 24. The number of carboxylic acids is 1. The number of carbonyl (C=O) groups excluding carboxylic acids is 9. The van der Waals surface area contributed by atoms with Crippen LogP contribution < -0.4 is 10.6 Å². The van der Waals surface area contributed by atoms with Gasteiger partial charge in [0.2, 0.25) is 24.3 Å².